The van der Waals surface area contributed by atoms with E-state index in [-0.39, 0.29) is 0 Å². The Morgan fingerprint density at radius 2 is 2.41 bits per heavy atom. The third kappa shape index (κ3) is 2.48. The van der Waals surface area contributed by atoms with Crippen molar-refractivity contribution in [2.75, 3.05) is 7.11 Å². The molecule has 0 radical (unpaired) electrons. The third-order valence-electron chi connectivity index (χ3n) is 2.73. The lowest BCUT2D eigenvalue weighted by molar-refractivity contribution is -0.142. The first-order valence-electron chi connectivity index (χ1n) is 5.26. The standard InChI is InChI=1S/C12H13ClN2O2/c1-17-12(16)11(14)4-7-2-8-5-15-6-9(8)10(13)3-7/h2-3,5,11H,4,6,14H2,1H3. The molecule has 1 atom stereocenters. The van der Waals surface area contributed by atoms with E-state index in [9.17, 15) is 4.79 Å². The van der Waals surface area contributed by atoms with Gasteiger partial charge in [-0.05, 0) is 29.7 Å². The smallest absolute Gasteiger partial charge is 0.322 e. The zero-order valence-corrected chi connectivity index (χ0v) is 10.2. The van der Waals surface area contributed by atoms with Crippen LogP contribution in [0.25, 0.3) is 0 Å². The Bertz CT molecular complexity index is 486. The van der Waals surface area contributed by atoms with Crippen LogP contribution < -0.4 is 5.73 Å². The van der Waals surface area contributed by atoms with Gasteiger partial charge in [0.1, 0.15) is 6.04 Å². The lowest BCUT2D eigenvalue weighted by atomic mass is 10.0. The van der Waals surface area contributed by atoms with Gasteiger partial charge >= 0.3 is 5.97 Å². The lowest BCUT2D eigenvalue weighted by Crippen LogP contribution is -2.33. The first-order valence-corrected chi connectivity index (χ1v) is 5.64. The van der Waals surface area contributed by atoms with E-state index in [1.54, 1.807) is 6.21 Å². The van der Waals surface area contributed by atoms with Crippen molar-refractivity contribution >= 4 is 23.8 Å². The summed E-state index contributed by atoms with van der Waals surface area (Å²) in [5.74, 6) is -0.421. The predicted molar refractivity (Wildman–Crippen MR) is 66.4 cm³/mol. The Labute approximate surface area is 104 Å². The van der Waals surface area contributed by atoms with Crippen LogP contribution in [0, 0.1) is 0 Å². The number of ether oxygens (including phenoxy) is 1. The third-order valence-corrected chi connectivity index (χ3v) is 3.07. The van der Waals surface area contributed by atoms with Crippen LogP contribution >= 0.6 is 11.6 Å². The van der Waals surface area contributed by atoms with Crippen LogP contribution in [-0.4, -0.2) is 25.3 Å². The first-order chi connectivity index (χ1) is 8.11. The van der Waals surface area contributed by atoms with Crippen LogP contribution in [0.15, 0.2) is 17.1 Å². The highest BCUT2D eigenvalue weighted by Crippen LogP contribution is 2.26. The Hall–Kier alpha value is -1.39. The molecule has 2 N–H and O–H groups in total. The highest BCUT2D eigenvalue weighted by atomic mass is 35.5. The topological polar surface area (TPSA) is 64.7 Å². The van der Waals surface area contributed by atoms with Crippen molar-refractivity contribution in [1.82, 2.24) is 0 Å². The molecule has 1 aromatic rings. The summed E-state index contributed by atoms with van der Waals surface area (Å²) in [5.41, 5.74) is 8.65. The Balaban J connectivity index is 2.20. The number of benzene rings is 1. The second-order valence-corrected chi connectivity index (χ2v) is 4.36. The summed E-state index contributed by atoms with van der Waals surface area (Å²) in [6, 6.07) is 3.13. The van der Waals surface area contributed by atoms with Crippen LogP contribution in [-0.2, 0) is 22.5 Å². The maximum absolute atomic E-state index is 11.2. The zero-order chi connectivity index (χ0) is 12.4. The maximum atomic E-state index is 11.2. The van der Waals surface area contributed by atoms with Gasteiger partial charge in [-0.25, -0.2) is 0 Å². The molecule has 0 fully saturated rings. The molecule has 0 bridgehead atoms. The molecule has 1 heterocycles. The number of carbonyl (C=O) groups is 1. The number of carbonyl (C=O) groups excluding carboxylic acids is 1. The van der Waals surface area contributed by atoms with E-state index in [2.05, 4.69) is 9.73 Å². The van der Waals surface area contributed by atoms with Gasteiger partial charge in [0.2, 0.25) is 0 Å². The number of hydrogen-bond donors (Lipinski definition) is 1. The average Bonchev–Trinajstić information content (AvgIpc) is 2.76. The van der Waals surface area contributed by atoms with Crippen LogP contribution in [0.4, 0.5) is 0 Å². The summed E-state index contributed by atoms with van der Waals surface area (Å²) >= 11 is 6.13. The summed E-state index contributed by atoms with van der Waals surface area (Å²) in [7, 11) is 1.32. The monoisotopic (exact) mass is 252 g/mol. The van der Waals surface area contributed by atoms with Crippen LogP contribution in [0.3, 0.4) is 0 Å². The molecule has 1 unspecified atom stereocenters. The molecule has 1 aromatic carbocycles. The molecule has 0 spiro atoms. The molecule has 0 aliphatic carbocycles. The molecular formula is C12H13ClN2O2. The number of hydrogen-bond acceptors (Lipinski definition) is 4. The number of nitrogens with zero attached hydrogens (tertiary/aromatic N) is 1. The van der Waals surface area contributed by atoms with Crippen LogP contribution in [0.5, 0.6) is 0 Å². The fraction of sp³-hybridized carbons (Fsp3) is 0.333. The van der Waals surface area contributed by atoms with Crippen LogP contribution in [0.1, 0.15) is 16.7 Å². The van der Waals surface area contributed by atoms with Crippen molar-refractivity contribution in [3.05, 3.63) is 33.8 Å². The van der Waals surface area contributed by atoms with E-state index in [0.29, 0.717) is 18.0 Å². The number of aliphatic imine (C=N–C) groups is 1. The summed E-state index contributed by atoms with van der Waals surface area (Å²) in [4.78, 5) is 15.4. The summed E-state index contributed by atoms with van der Waals surface area (Å²) in [6.07, 6.45) is 2.20. The van der Waals surface area contributed by atoms with Crippen molar-refractivity contribution < 1.29 is 9.53 Å². The van der Waals surface area contributed by atoms with Gasteiger partial charge in [0.05, 0.1) is 13.7 Å². The summed E-state index contributed by atoms with van der Waals surface area (Å²) in [5, 5.41) is 0.673. The average molecular weight is 253 g/mol. The normalized spacial score (nSPS) is 14.5. The molecular weight excluding hydrogens is 240 g/mol. The fourth-order valence-corrected chi connectivity index (χ4v) is 2.15. The maximum Gasteiger partial charge on any atom is 0.322 e. The van der Waals surface area contributed by atoms with Gasteiger partial charge in [0.15, 0.2) is 0 Å². The predicted octanol–water partition coefficient (Wildman–Crippen LogP) is 1.32. The minimum Gasteiger partial charge on any atom is -0.468 e. The molecule has 1 aliphatic rings. The Morgan fingerprint density at radius 1 is 1.65 bits per heavy atom. The summed E-state index contributed by atoms with van der Waals surface area (Å²) in [6.45, 7) is 0.623. The van der Waals surface area contributed by atoms with E-state index in [0.717, 1.165) is 16.7 Å². The van der Waals surface area contributed by atoms with Gasteiger partial charge in [-0.1, -0.05) is 11.6 Å². The zero-order valence-electron chi connectivity index (χ0n) is 9.44. The van der Waals surface area contributed by atoms with E-state index in [1.165, 1.54) is 7.11 Å². The quantitative estimate of drug-likeness (QED) is 0.825. The minimum absolute atomic E-state index is 0.410. The molecule has 1 aliphatic heterocycles. The second-order valence-electron chi connectivity index (χ2n) is 3.95. The number of methoxy groups -OCH3 is 1. The Kier molecular flexibility index (Phi) is 3.45. The van der Waals surface area contributed by atoms with Gasteiger partial charge in [0, 0.05) is 16.8 Å². The molecule has 2 rings (SSSR count). The van der Waals surface area contributed by atoms with Crippen LogP contribution in [0.2, 0.25) is 5.02 Å². The number of rotatable bonds is 3. The minimum atomic E-state index is -0.660. The summed E-state index contributed by atoms with van der Waals surface area (Å²) < 4.78 is 4.58. The number of nitrogens with two attached hydrogens (primary N) is 1. The van der Waals surface area contributed by atoms with Gasteiger partial charge in [-0.3, -0.25) is 9.79 Å². The van der Waals surface area contributed by atoms with E-state index in [4.69, 9.17) is 17.3 Å². The lowest BCUT2D eigenvalue weighted by Gasteiger charge is -2.11. The molecule has 90 valence electrons. The van der Waals surface area contributed by atoms with Gasteiger partial charge in [-0.2, -0.15) is 0 Å². The van der Waals surface area contributed by atoms with E-state index < -0.39 is 12.0 Å². The fourth-order valence-electron chi connectivity index (χ4n) is 1.84. The van der Waals surface area contributed by atoms with Crippen molar-refractivity contribution in [3.63, 3.8) is 0 Å². The van der Waals surface area contributed by atoms with Crippen molar-refractivity contribution in [3.8, 4) is 0 Å². The van der Waals surface area contributed by atoms with Crippen molar-refractivity contribution in [1.29, 1.82) is 0 Å². The molecule has 5 heteroatoms. The van der Waals surface area contributed by atoms with Crippen molar-refractivity contribution in [2.45, 2.75) is 19.0 Å². The molecule has 17 heavy (non-hydrogen) atoms. The number of fused-ring (bicyclic) bond motifs is 1. The highest BCUT2D eigenvalue weighted by molar-refractivity contribution is 6.32. The molecule has 0 saturated carbocycles. The number of halogens is 1. The van der Waals surface area contributed by atoms with Gasteiger partial charge in [-0.15, -0.1) is 0 Å². The van der Waals surface area contributed by atoms with Gasteiger partial charge in [0.25, 0.3) is 0 Å². The number of esters is 1. The van der Waals surface area contributed by atoms with E-state index in [1.807, 2.05) is 12.1 Å². The molecule has 0 saturated heterocycles. The Morgan fingerprint density at radius 3 is 3.12 bits per heavy atom. The van der Waals surface area contributed by atoms with Gasteiger partial charge < -0.3 is 10.5 Å². The first kappa shape index (κ1) is 12.1. The van der Waals surface area contributed by atoms with E-state index >= 15 is 0 Å². The van der Waals surface area contributed by atoms with Crippen molar-refractivity contribution in [2.24, 2.45) is 10.7 Å². The highest BCUT2D eigenvalue weighted by Gasteiger charge is 2.17. The molecule has 0 aromatic heterocycles. The second kappa shape index (κ2) is 4.85. The molecule has 0 amide bonds. The largest absolute Gasteiger partial charge is 0.468 e. The SMILES string of the molecule is COC(=O)C(N)Cc1cc(Cl)c2c(c1)C=NC2. The molecule has 4 nitrogen and oxygen atoms in total.